The van der Waals surface area contributed by atoms with Gasteiger partial charge < -0.3 is 5.73 Å². The number of hydrogen-bond donors (Lipinski definition) is 2. The molecule has 0 aliphatic carbocycles. The Bertz CT molecular complexity index is 696. The summed E-state index contributed by atoms with van der Waals surface area (Å²) in [6.45, 7) is 0.150. The van der Waals surface area contributed by atoms with Crippen LogP contribution in [0.25, 0.3) is 0 Å². The van der Waals surface area contributed by atoms with Crippen LogP contribution < -0.4 is 10.5 Å². The molecule has 0 bridgehead atoms. The SMILES string of the molecule is Cn1cc(CNS(=O)(=O)c2ccc(N)cc2Cl)cn1. The summed E-state index contributed by atoms with van der Waals surface area (Å²) in [4.78, 5) is 0.00672. The molecule has 8 heteroatoms. The fraction of sp³-hybridized carbons (Fsp3) is 0.182. The maximum atomic E-state index is 12.1. The van der Waals surface area contributed by atoms with E-state index in [1.807, 2.05) is 0 Å². The third-order valence-corrected chi connectivity index (χ3v) is 4.35. The molecule has 0 aliphatic heterocycles. The highest BCUT2D eigenvalue weighted by molar-refractivity contribution is 7.89. The number of nitrogen functional groups attached to an aromatic ring is 1. The normalized spacial score (nSPS) is 11.7. The summed E-state index contributed by atoms with van der Waals surface area (Å²) in [6, 6.07) is 4.27. The molecule has 0 spiro atoms. The summed E-state index contributed by atoms with van der Waals surface area (Å²) in [5.74, 6) is 0. The van der Waals surface area contributed by atoms with Crippen LogP contribution in [0.3, 0.4) is 0 Å². The van der Waals surface area contributed by atoms with Crippen LogP contribution in [-0.4, -0.2) is 18.2 Å². The first-order valence-electron chi connectivity index (χ1n) is 5.41. The van der Waals surface area contributed by atoms with Crippen molar-refractivity contribution in [2.24, 2.45) is 7.05 Å². The summed E-state index contributed by atoms with van der Waals surface area (Å²) >= 11 is 5.88. The fourth-order valence-electron chi connectivity index (χ4n) is 1.55. The van der Waals surface area contributed by atoms with E-state index in [0.29, 0.717) is 5.69 Å². The van der Waals surface area contributed by atoms with Gasteiger partial charge >= 0.3 is 0 Å². The molecule has 19 heavy (non-hydrogen) atoms. The second-order valence-corrected chi connectivity index (χ2v) is 6.18. The molecule has 0 radical (unpaired) electrons. The van der Waals surface area contributed by atoms with Crippen molar-refractivity contribution in [3.63, 3.8) is 0 Å². The Kier molecular flexibility index (Phi) is 3.79. The maximum absolute atomic E-state index is 12.1. The minimum absolute atomic E-state index is 0.00672. The van der Waals surface area contributed by atoms with Crippen LogP contribution in [0.1, 0.15) is 5.56 Å². The van der Waals surface area contributed by atoms with E-state index in [9.17, 15) is 8.42 Å². The van der Waals surface area contributed by atoms with Crippen molar-refractivity contribution in [1.82, 2.24) is 14.5 Å². The Morgan fingerprint density at radius 3 is 2.79 bits per heavy atom. The first-order valence-corrected chi connectivity index (χ1v) is 7.27. The van der Waals surface area contributed by atoms with Gasteiger partial charge in [-0.3, -0.25) is 4.68 Å². The zero-order valence-corrected chi connectivity index (χ0v) is 11.7. The lowest BCUT2D eigenvalue weighted by molar-refractivity contribution is 0.581. The molecule has 0 fully saturated rings. The second kappa shape index (κ2) is 5.20. The molecule has 2 aromatic rings. The number of halogens is 1. The first-order chi connectivity index (χ1) is 8.88. The van der Waals surface area contributed by atoms with E-state index in [2.05, 4.69) is 9.82 Å². The first kappa shape index (κ1) is 13.9. The number of sulfonamides is 1. The zero-order chi connectivity index (χ0) is 14.0. The zero-order valence-electron chi connectivity index (χ0n) is 10.2. The number of nitrogens with two attached hydrogens (primary N) is 1. The van der Waals surface area contributed by atoms with Gasteiger partial charge in [-0.1, -0.05) is 11.6 Å². The molecule has 1 heterocycles. The van der Waals surface area contributed by atoms with Crippen LogP contribution in [0.5, 0.6) is 0 Å². The highest BCUT2D eigenvalue weighted by atomic mass is 35.5. The van der Waals surface area contributed by atoms with Crippen molar-refractivity contribution in [3.8, 4) is 0 Å². The standard InChI is InChI=1S/C11H13ClN4O2S/c1-16-7-8(5-14-16)6-15-19(17,18)11-3-2-9(13)4-10(11)12/h2-5,7,15H,6,13H2,1H3. The van der Waals surface area contributed by atoms with Crippen LogP contribution in [0.4, 0.5) is 5.69 Å². The highest BCUT2D eigenvalue weighted by Gasteiger charge is 2.17. The Labute approximate surface area is 116 Å². The molecule has 0 amide bonds. The molecule has 102 valence electrons. The molecule has 3 N–H and O–H groups in total. The predicted molar refractivity (Wildman–Crippen MR) is 73.1 cm³/mol. The number of anilines is 1. The average molecular weight is 301 g/mol. The minimum atomic E-state index is -3.67. The second-order valence-electron chi connectivity index (χ2n) is 4.04. The monoisotopic (exact) mass is 300 g/mol. The largest absolute Gasteiger partial charge is 0.399 e. The minimum Gasteiger partial charge on any atom is -0.399 e. The third kappa shape index (κ3) is 3.25. The van der Waals surface area contributed by atoms with Crippen molar-refractivity contribution < 1.29 is 8.42 Å². The van der Waals surface area contributed by atoms with Crippen LogP contribution in [0, 0.1) is 0 Å². The van der Waals surface area contributed by atoms with Gasteiger partial charge in [0.25, 0.3) is 0 Å². The molecule has 0 saturated heterocycles. The van der Waals surface area contributed by atoms with Gasteiger partial charge in [0.1, 0.15) is 4.90 Å². The van der Waals surface area contributed by atoms with Crippen molar-refractivity contribution in [2.45, 2.75) is 11.4 Å². The van der Waals surface area contributed by atoms with Gasteiger partial charge in [-0.05, 0) is 18.2 Å². The van der Waals surface area contributed by atoms with Gasteiger partial charge in [-0.2, -0.15) is 5.10 Å². The molecule has 0 atom stereocenters. The molecule has 1 aromatic carbocycles. The smallest absolute Gasteiger partial charge is 0.242 e. The van der Waals surface area contributed by atoms with Gasteiger partial charge in [0.05, 0.1) is 11.2 Å². The maximum Gasteiger partial charge on any atom is 0.242 e. The van der Waals surface area contributed by atoms with E-state index >= 15 is 0 Å². The van der Waals surface area contributed by atoms with Gasteiger partial charge in [0.15, 0.2) is 0 Å². The molecule has 0 aliphatic rings. The third-order valence-electron chi connectivity index (χ3n) is 2.47. The quantitative estimate of drug-likeness (QED) is 0.828. The van der Waals surface area contributed by atoms with Gasteiger partial charge in [-0.15, -0.1) is 0 Å². The van der Waals surface area contributed by atoms with Crippen LogP contribution in [0.15, 0.2) is 35.5 Å². The van der Waals surface area contributed by atoms with E-state index in [4.69, 9.17) is 17.3 Å². The molecule has 6 nitrogen and oxygen atoms in total. The number of rotatable bonds is 4. The molecule has 1 aromatic heterocycles. The predicted octanol–water partition coefficient (Wildman–Crippen LogP) is 1.13. The van der Waals surface area contributed by atoms with Crippen LogP contribution in [-0.2, 0) is 23.6 Å². The highest BCUT2D eigenvalue weighted by Crippen LogP contribution is 2.23. The lowest BCUT2D eigenvalue weighted by atomic mass is 10.3. The number of nitrogens with zero attached hydrogens (tertiary/aromatic N) is 2. The molecular weight excluding hydrogens is 288 g/mol. The van der Waals surface area contributed by atoms with E-state index < -0.39 is 10.0 Å². The van der Waals surface area contributed by atoms with Crippen molar-refractivity contribution in [2.75, 3.05) is 5.73 Å². The van der Waals surface area contributed by atoms with Crippen LogP contribution >= 0.6 is 11.6 Å². The van der Waals surface area contributed by atoms with Gasteiger partial charge in [0.2, 0.25) is 10.0 Å². The Morgan fingerprint density at radius 2 is 2.21 bits per heavy atom. The topological polar surface area (TPSA) is 90.0 Å². The molecule has 0 unspecified atom stereocenters. The number of benzene rings is 1. The summed E-state index contributed by atoms with van der Waals surface area (Å²) in [5.41, 5.74) is 6.70. The number of aromatic nitrogens is 2. The number of nitrogens with one attached hydrogen (secondary N) is 1. The number of hydrogen-bond acceptors (Lipinski definition) is 4. The fourth-order valence-corrected chi connectivity index (χ4v) is 3.12. The van der Waals surface area contributed by atoms with Crippen LogP contribution in [0.2, 0.25) is 5.02 Å². The van der Waals surface area contributed by atoms with E-state index in [1.54, 1.807) is 24.1 Å². The summed E-state index contributed by atoms with van der Waals surface area (Å²) in [7, 11) is -1.91. The van der Waals surface area contributed by atoms with Gasteiger partial charge in [-0.25, -0.2) is 13.1 Å². The van der Waals surface area contributed by atoms with Gasteiger partial charge in [0, 0.05) is 31.0 Å². The Balaban J connectivity index is 2.18. The summed E-state index contributed by atoms with van der Waals surface area (Å²) in [5, 5.41) is 4.05. The van der Waals surface area contributed by atoms with Crippen molar-refractivity contribution in [1.29, 1.82) is 0 Å². The lowest BCUT2D eigenvalue weighted by Crippen LogP contribution is -2.23. The summed E-state index contributed by atoms with van der Waals surface area (Å²) < 4.78 is 28.2. The lowest BCUT2D eigenvalue weighted by Gasteiger charge is -2.07. The van der Waals surface area contributed by atoms with Crippen molar-refractivity contribution >= 4 is 27.3 Å². The van der Waals surface area contributed by atoms with E-state index in [-0.39, 0.29) is 16.5 Å². The molecule has 2 rings (SSSR count). The molecular formula is C11H13ClN4O2S. The van der Waals surface area contributed by atoms with E-state index in [0.717, 1.165) is 5.56 Å². The average Bonchev–Trinajstić information content (AvgIpc) is 2.72. The molecule has 0 saturated carbocycles. The van der Waals surface area contributed by atoms with Crippen molar-refractivity contribution in [3.05, 3.63) is 41.2 Å². The summed E-state index contributed by atoms with van der Waals surface area (Å²) in [6.07, 6.45) is 3.32. The Morgan fingerprint density at radius 1 is 1.47 bits per heavy atom. The number of aryl methyl sites for hydroxylation is 1. The van der Waals surface area contributed by atoms with E-state index in [1.165, 1.54) is 18.2 Å². The Hall–Kier alpha value is -1.57.